The maximum absolute atomic E-state index is 2.46. The summed E-state index contributed by atoms with van der Waals surface area (Å²) in [6, 6.07) is 0. The zero-order chi connectivity index (χ0) is 20.3. The van der Waals surface area contributed by atoms with Gasteiger partial charge in [0.05, 0.1) is 0 Å². The van der Waals surface area contributed by atoms with Crippen LogP contribution in [0.4, 0.5) is 0 Å². The molecule has 0 aromatic rings. The molecular formula is C26H40. The van der Waals surface area contributed by atoms with E-state index in [1.54, 1.807) is 0 Å². The Hall–Kier alpha value is -1.30. The lowest BCUT2D eigenvalue weighted by atomic mass is 9.77. The maximum Gasteiger partial charge on any atom is -0.0126 e. The van der Waals surface area contributed by atoms with Crippen molar-refractivity contribution >= 4 is 0 Å². The molecule has 0 unspecified atom stereocenters. The summed E-state index contributed by atoms with van der Waals surface area (Å²) in [5.41, 5.74) is 9.29. The third-order valence-electron chi connectivity index (χ3n) is 5.42. The number of allylic oxidation sites excluding steroid dienone is 10. The fraction of sp³-hybridized carbons (Fsp3) is 0.615. The molecular weight excluding hydrogens is 312 g/mol. The monoisotopic (exact) mass is 352 g/mol. The zero-order valence-electron chi connectivity index (χ0n) is 19.3. The van der Waals surface area contributed by atoms with E-state index in [0.29, 0.717) is 0 Å². The topological polar surface area (TPSA) is 0 Å². The van der Waals surface area contributed by atoms with Crippen molar-refractivity contribution in [1.82, 2.24) is 0 Å². The number of hydrogen-bond donors (Lipinski definition) is 0. The molecule has 0 N–H and O–H groups in total. The van der Waals surface area contributed by atoms with Gasteiger partial charge in [-0.05, 0) is 55.1 Å². The van der Waals surface area contributed by atoms with Gasteiger partial charge in [0.1, 0.15) is 0 Å². The summed E-state index contributed by atoms with van der Waals surface area (Å²) in [6.45, 7) is 27.9. The molecule has 0 saturated carbocycles. The van der Waals surface area contributed by atoms with Gasteiger partial charge in [-0.15, -0.1) is 0 Å². The van der Waals surface area contributed by atoms with Crippen molar-refractivity contribution in [3.8, 4) is 0 Å². The molecule has 0 spiro atoms. The highest BCUT2D eigenvalue weighted by Crippen LogP contribution is 2.49. The molecule has 0 bridgehead atoms. The molecule has 2 rings (SSSR count). The van der Waals surface area contributed by atoms with Gasteiger partial charge < -0.3 is 0 Å². The Morgan fingerprint density at radius 3 is 0.846 bits per heavy atom. The molecule has 0 fully saturated rings. The molecule has 0 aliphatic heterocycles. The van der Waals surface area contributed by atoms with Crippen LogP contribution in [0.1, 0.15) is 83.1 Å². The van der Waals surface area contributed by atoms with E-state index in [9.17, 15) is 0 Å². The van der Waals surface area contributed by atoms with Gasteiger partial charge in [0, 0.05) is 0 Å². The summed E-state index contributed by atoms with van der Waals surface area (Å²) < 4.78 is 0. The lowest BCUT2D eigenvalue weighted by Gasteiger charge is -2.27. The zero-order valence-corrected chi connectivity index (χ0v) is 19.3. The smallest absolute Gasteiger partial charge is 0.0126 e. The minimum Gasteiger partial charge on any atom is -0.0561 e. The molecule has 0 atom stereocenters. The molecule has 0 amide bonds. The standard InChI is InChI=1S/C26H40/c1-23(2,3)17-13-19(21(15-17)25(7,8)9)20-14-18(24(4,5)6)16-22(20)26(10,11)12/h13-16H,1-12H3/b20-19+. The van der Waals surface area contributed by atoms with Crippen LogP contribution in [-0.4, -0.2) is 0 Å². The predicted octanol–water partition coefficient (Wildman–Crippen LogP) is 8.20. The van der Waals surface area contributed by atoms with Crippen molar-refractivity contribution in [3.63, 3.8) is 0 Å². The normalized spacial score (nSPS) is 22.3. The van der Waals surface area contributed by atoms with E-state index in [0.717, 1.165) is 0 Å². The second-order valence-corrected chi connectivity index (χ2v) is 12.1. The summed E-state index contributed by atoms with van der Waals surface area (Å²) in [5.74, 6) is 0. The molecule has 0 nitrogen and oxygen atoms in total. The Morgan fingerprint density at radius 1 is 0.385 bits per heavy atom. The minimum atomic E-state index is 0.132. The lowest BCUT2D eigenvalue weighted by molar-refractivity contribution is 0.499. The van der Waals surface area contributed by atoms with Gasteiger partial charge >= 0.3 is 0 Å². The third kappa shape index (κ3) is 4.16. The maximum atomic E-state index is 2.46. The molecule has 0 saturated heterocycles. The van der Waals surface area contributed by atoms with Crippen LogP contribution in [0.2, 0.25) is 0 Å². The van der Waals surface area contributed by atoms with Crippen LogP contribution in [0, 0.1) is 21.7 Å². The highest BCUT2D eigenvalue weighted by atomic mass is 14.4. The predicted molar refractivity (Wildman–Crippen MR) is 117 cm³/mol. The molecule has 26 heavy (non-hydrogen) atoms. The van der Waals surface area contributed by atoms with Gasteiger partial charge in [0.2, 0.25) is 0 Å². The van der Waals surface area contributed by atoms with Crippen LogP contribution in [0.15, 0.2) is 57.7 Å². The summed E-state index contributed by atoms with van der Waals surface area (Å²) in [6.07, 6.45) is 9.81. The van der Waals surface area contributed by atoms with Crippen LogP contribution in [0.5, 0.6) is 0 Å². The average molecular weight is 353 g/mol. The Bertz CT molecular complexity index is 677. The van der Waals surface area contributed by atoms with E-state index in [1.165, 1.54) is 33.4 Å². The highest BCUT2D eigenvalue weighted by Gasteiger charge is 2.34. The van der Waals surface area contributed by atoms with Gasteiger partial charge in [0.25, 0.3) is 0 Å². The van der Waals surface area contributed by atoms with Crippen molar-refractivity contribution in [3.05, 3.63) is 57.7 Å². The lowest BCUT2D eigenvalue weighted by Crippen LogP contribution is -2.14. The van der Waals surface area contributed by atoms with Crippen molar-refractivity contribution in [2.75, 3.05) is 0 Å². The van der Waals surface area contributed by atoms with Gasteiger partial charge in [-0.1, -0.05) is 107 Å². The van der Waals surface area contributed by atoms with Gasteiger partial charge in [0.15, 0.2) is 0 Å². The van der Waals surface area contributed by atoms with Gasteiger partial charge in [-0.3, -0.25) is 0 Å². The van der Waals surface area contributed by atoms with Crippen molar-refractivity contribution in [2.24, 2.45) is 21.7 Å². The highest BCUT2D eigenvalue weighted by molar-refractivity contribution is 5.68. The minimum absolute atomic E-state index is 0.132. The quantitative estimate of drug-likeness (QED) is 0.412. The van der Waals surface area contributed by atoms with E-state index in [2.05, 4.69) is 107 Å². The SMILES string of the molecule is CC(C)(C)C1=C/C(=C2/C=C(C(C)(C)C)C=C2C(C)(C)C)C(C(C)(C)C)=C1. The van der Waals surface area contributed by atoms with E-state index in [1.807, 2.05) is 0 Å². The van der Waals surface area contributed by atoms with Crippen LogP contribution >= 0.6 is 0 Å². The first-order valence-electron chi connectivity index (χ1n) is 10.1. The first-order chi connectivity index (χ1) is 11.4. The van der Waals surface area contributed by atoms with Crippen LogP contribution < -0.4 is 0 Å². The molecule has 0 aromatic carbocycles. The van der Waals surface area contributed by atoms with E-state index in [-0.39, 0.29) is 21.7 Å². The fourth-order valence-electron chi connectivity index (χ4n) is 3.57. The van der Waals surface area contributed by atoms with Gasteiger partial charge in [-0.2, -0.15) is 0 Å². The molecule has 144 valence electrons. The van der Waals surface area contributed by atoms with Gasteiger partial charge in [-0.25, -0.2) is 0 Å². The van der Waals surface area contributed by atoms with Crippen LogP contribution in [0.25, 0.3) is 0 Å². The summed E-state index contributed by atoms with van der Waals surface area (Å²) in [4.78, 5) is 0. The summed E-state index contributed by atoms with van der Waals surface area (Å²) in [5, 5.41) is 0. The summed E-state index contributed by atoms with van der Waals surface area (Å²) >= 11 is 0. The number of rotatable bonds is 0. The molecule has 0 aromatic heterocycles. The van der Waals surface area contributed by atoms with Crippen LogP contribution in [0.3, 0.4) is 0 Å². The van der Waals surface area contributed by atoms with Crippen LogP contribution in [-0.2, 0) is 0 Å². The molecule has 2 aliphatic rings. The van der Waals surface area contributed by atoms with Crippen molar-refractivity contribution in [1.29, 1.82) is 0 Å². The van der Waals surface area contributed by atoms with Crippen molar-refractivity contribution in [2.45, 2.75) is 83.1 Å². The largest absolute Gasteiger partial charge is 0.0561 e. The number of hydrogen-bond acceptors (Lipinski definition) is 0. The second-order valence-electron chi connectivity index (χ2n) is 12.1. The Kier molecular flexibility index (Phi) is 4.94. The summed E-state index contributed by atoms with van der Waals surface area (Å²) in [7, 11) is 0. The third-order valence-corrected chi connectivity index (χ3v) is 5.42. The molecule has 2 aliphatic carbocycles. The van der Waals surface area contributed by atoms with E-state index in [4.69, 9.17) is 0 Å². The average Bonchev–Trinajstić information content (AvgIpc) is 3.00. The second kappa shape index (κ2) is 6.11. The molecule has 0 heteroatoms. The molecule has 0 radical (unpaired) electrons. The Balaban J connectivity index is 2.79. The first-order valence-corrected chi connectivity index (χ1v) is 10.1. The fourth-order valence-corrected chi connectivity index (χ4v) is 3.57. The molecule has 0 heterocycles. The Labute approximate surface area is 162 Å². The van der Waals surface area contributed by atoms with E-state index < -0.39 is 0 Å². The Morgan fingerprint density at radius 2 is 0.654 bits per heavy atom. The van der Waals surface area contributed by atoms with Crippen molar-refractivity contribution < 1.29 is 0 Å². The first kappa shape index (κ1) is 21.0. The van der Waals surface area contributed by atoms with E-state index >= 15 is 0 Å².